The minimum Gasteiger partial charge on any atom is -0.381 e. The largest absolute Gasteiger partial charge is 0.381 e. The Morgan fingerprint density at radius 3 is 2.93 bits per heavy atom. The molecule has 2 heterocycles. The van der Waals surface area contributed by atoms with Gasteiger partial charge in [0, 0.05) is 12.2 Å². The number of pyridine rings is 1. The number of hydrogen-bond donors (Lipinski definition) is 1. The first-order valence-corrected chi connectivity index (χ1v) is 6.27. The number of thioether (sulfide) groups is 1. The molecular formula is C11H16N2S. The molecule has 1 aromatic rings. The first kappa shape index (κ1) is 9.84. The lowest BCUT2D eigenvalue weighted by atomic mass is 10.1. The van der Waals surface area contributed by atoms with E-state index in [1.807, 2.05) is 12.3 Å². The van der Waals surface area contributed by atoms with Crippen molar-refractivity contribution in [3.05, 3.63) is 24.0 Å². The van der Waals surface area contributed by atoms with Gasteiger partial charge in [0.25, 0.3) is 0 Å². The third-order valence-electron chi connectivity index (χ3n) is 2.59. The summed E-state index contributed by atoms with van der Waals surface area (Å²) in [6, 6.07) is 4.76. The van der Waals surface area contributed by atoms with Gasteiger partial charge in [-0.3, -0.25) is 4.98 Å². The Morgan fingerprint density at radius 2 is 2.21 bits per heavy atom. The minimum atomic E-state index is 0.652. The van der Waals surface area contributed by atoms with Gasteiger partial charge in [-0.2, -0.15) is 11.8 Å². The van der Waals surface area contributed by atoms with E-state index in [-0.39, 0.29) is 0 Å². The van der Waals surface area contributed by atoms with Crippen molar-refractivity contribution in [2.45, 2.75) is 25.8 Å². The van der Waals surface area contributed by atoms with E-state index in [0.29, 0.717) is 6.04 Å². The fourth-order valence-electron chi connectivity index (χ4n) is 1.70. The van der Waals surface area contributed by atoms with Gasteiger partial charge in [-0.15, -0.1) is 0 Å². The van der Waals surface area contributed by atoms with Crippen molar-refractivity contribution in [2.24, 2.45) is 0 Å². The van der Waals surface area contributed by atoms with Gasteiger partial charge in [-0.05, 0) is 43.4 Å². The minimum absolute atomic E-state index is 0.652. The maximum atomic E-state index is 4.28. The van der Waals surface area contributed by atoms with E-state index in [4.69, 9.17) is 0 Å². The molecule has 0 bridgehead atoms. The smallest absolute Gasteiger partial charge is 0.0603 e. The summed E-state index contributed by atoms with van der Waals surface area (Å²) in [6.45, 7) is 2.06. The third kappa shape index (κ3) is 2.41. The Hall–Kier alpha value is -0.700. The summed E-state index contributed by atoms with van der Waals surface area (Å²) in [4.78, 5) is 4.28. The molecule has 3 heteroatoms. The standard InChI is InChI=1S/C11H16N2S/c1-9-11(3-2-6-12-9)13-10-4-7-14-8-5-10/h2-3,6,10,13H,4-5,7-8H2,1H3. The second kappa shape index (κ2) is 4.69. The molecule has 0 radical (unpaired) electrons. The van der Waals surface area contributed by atoms with E-state index in [0.717, 1.165) is 5.69 Å². The van der Waals surface area contributed by atoms with E-state index in [2.05, 4.69) is 35.1 Å². The summed E-state index contributed by atoms with van der Waals surface area (Å²) >= 11 is 2.06. The topological polar surface area (TPSA) is 24.9 Å². The Kier molecular flexibility index (Phi) is 3.30. The Balaban J connectivity index is 1.99. The van der Waals surface area contributed by atoms with Crippen LogP contribution in [0.15, 0.2) is 18.3 Å². The Labute approximate surface area is 89.5 Å². The van der Waals surface area contributed by atoms with Crippen molar-refractivity contribution < 1.29 is 0 Å². The fraction of sp³-hybridized carbons (Fsp3) is 0.545. The second-order valence-corrected chi connectivity index (χ2v) is 4.89. The lowest BCUT2D eigenvalue weighted by molar-refractivity contribution is 0.665. The molecule has 1 saturated heterocycles. The Bertz CT molecular complexity index is 295. The number of nitrogens with zero attached hydrogens (tertiary/aromatic N) is 1. The number of hydrogen-bond acceptors (Lipinski definition) is 3. The summed E-state index contributed by atoms with van der Waals surface area (Å²) in [5, 5.41) is 3.57. The molecule has 1 aliphatic heterocycles. The highest BCUT2D eigenvalue weighted by Crippen LogP contribution is 2.21. The molecular weight excluding hydrogens is 192 g/mol. The van der Waals surface area contributed by atoms with Crippen LogP contribution in [0.1, 0.15) is 18.5 Å². The number of aromatic nitrogens is 1. The lowest BCUT2D eigenvalue weighted by Gasteiger charge is -2.24. The molecule has 1 aliphatic rings. The van der Waals surface area contributed by atoms with E-state index in [1.165, 1.54) is 30.0 Å². The predicted octanol–water partition coefficient (Wildman–Crippen LogP) is 2.70. The molecule has 1 aromatic heterocycles. The molecule has 76 valence electrons. The summed E-state index contributed by atoms with van der Waals surface area (Å²) in [5.41, 5.74) is 2.30. The molecule has 0 saturated carbocycles. The summed E-state index contributed by atoms with van der Waals surface area (Å²) in [6.07, 6.45) is 4.40. The van der Waals surface area contributed by atoms with Crippen LogP contribution < -0.4 is 5.32 Å². The van der Waals surface area contributed by atoms with E-state index in [9.17, 15) is 0 Å². The first-order chi connectivity index (χ1) is 6.86. The van der Waals surface area contributed by atoms with Crippen molar-refractivity contribution in [3.8, 4) is 0 Å². The maximum absolute atomic E-state index is 4.28. The normalized spacial score (nSPS) is 18.1. The molecule has 0 atom stereocenters. The van der Waals surface area contributed by atoms with Crippen molar-refractivity contribution in [1.82, 2.24) is 4.98 Å². The molecule has 1 N–H and O–H groups in total. The van der Waals surface area contributed by atoms with Crippen molar-refractivity contribution in [2.75, 3.05) is 16.8 Å². The lowest BCUT2D eigenvalue weighted by Crippen LogP contribution is -2.24. The number of anilines is 1. The van der Waals surface area contributed by atoms with Gasteiger partial charge in [0.1, 0.15) is 0 Å². The van der Waals surface area contributed by atoms with Gasteiger partial charge in [0.2, 0.25) is 0 Å². The average molecular weight is 208 g/mol. The molecule has 0 aliphatic carbocycles. The van der Waals surface area contributed by atoms with Gasteiger partial charge in [0.05, 0.1) is 11.4 Å². The van der Waals surface area contributed by atoms with Crippen LogP contribution in [0, 0.1) is 6.92 Å². The average Bonchev–Trinajstić information content (AvgIpc) is 2.23. The monoisotopic (exact) mass is 208 g/mol. The quantitative estimate of drug-likeness (QED) is 0.809. The van der Waals surface area contributed by atoms with Crippen LogP contribution in [-0.2, 0) is 0 Å². The van der Waals surface area contributed by atoms with Crippen molar-refractivity contribution in [1.29, 1.82) is 0 Å². The molecule has 0 spiro atoms. The van der Waals surface area contributed by atoms with Gasteiger partial charge in [-0.1, -0.05) is 0 Å². The van der Waals surface area contributed by atoms with Crippen LogP contribution in [0.4, 0.5) is 5.69 Å². The second-order valence-electron chi connectivity index (χ2n) is 3.67. The SMILES string of the molecule is Cc1ncccc1NC1CCSCC1. The van der Waals surface area contributed by atoms with Gasteiger partial charge >= 0.3 is 0 Å². The molecule has 0 aromatic carbocycles. The van der Waals surface area contributed by atoms with Gasteiger partial charge < -0.3 is 5.32 Å². The van der Waals surface area contributed by atoms with Crippen molar-refractivity contribution >= 4 is 17.4 Å². The van der Waals surface area contributed by atoms with Gasteiger partial charge in [-0.25, -0.2) is 0 Å². The zero-order valence-corrected chi connectivity index (χ0v) is 9.31. The molecule has 1 fully saturated rings. The van der Waals surface area contributed by atoms with E-state index in [1.54, 1.807) is 0 Å². The number of nitrogens with one attached hydrogen (secondary N) is 1. The zero-order chi connectivity index (χ0) is 9.80. The molecule has 2 rings (SSSR count). The predicted molar refractivity (Wildman–Crippen MR) is 62.9 cm³/mol. The molecule has 14 heavy (non-hydrogen) atoms. The number of rotatable bonds is 2. The summed E-state index contributed by atoms with van der Waals surface area (Å²) in [5.74, 6) is 2.58. The van der Waals surface area contributed by atoms with Crippen molar-refractivity contribution in [3.63, 3.8) is 0 Å². The Morgan fingerprint density at radius 1 is 1.43 bits per heavy atom. The number of aryl methyl sites for hydroxylation is 1. The van der Waals surface area contributed by atoms with E-state index < -0.39 is 0 Å². The van der Waals surface area contributed by atoms with Gasteiger partial charge in [0.15, 0.2) is 0 Å². The van der Waals surface area contributed by atoms with Crippen LogP contribution in [0.25, 0.3) is 0 Å². The van der Waals surface area contributed by atoms with Crippen LogP contribution in [0.2, 0.25) is 0 Å². The molecule has 0 unspecified atom stereocenters. The highest BCUT2D eigenvalue weighted by atomic mass is 32.2. The molecule has 2 nitrogen and oxygen atoms in total. The van der Waals surface area contributed by atoms with Crippen LogP contribution in [0.3, 0.4) is 0 Å². The fourth-order valence-corrected chi connectivity index (χ4v) is 2.81. The molecule has 0 amide bonds. The van der Waals surface area contributed by atoms with Crippen LogP contribution in [-0.4, -0.2) is 22.5 Å². The zero-order valence-electron chi connectivity index (χ0n) is 8.49. The summed E-state index contributed by atoms with van der Waals surface area (Å²) < 4.78 is 0. The third-order valence-corrected chi connectivity index (χ3v) is 3.64. The first-order valence-electron chi connectivity index (χ1n) is 5.12. The van der Waals surface area contributed by atoms with E-state index >= 15 is 0 Å². The van der Waals surface area contributed by atoms with Crippen LogP contribution >= 0.6 is 11.8 Å². The highest BCUT2D eigenvalue weighted by molar-refractivity contribution is 7.99. The maximum Gasteiger partial charge on any atom is 0.0603 e. The highest BCUT2D eigenvalue weighted by Gasteiger charge is 2.13. The van der Waals surface area contributed by atoms with Crippen LogP contribution in [0.5, 0.6) is 0 Å². The summed E-state index contributed by atoms with van der Waals surface area (Å²) in [7, 11) is 0.